The first-order valence-corrected chi connectivity index (χ1v) is 4.33. The first kappa shape index (κ1) is 8.12. The standard InChI is InChI=1S/C8H4FNO2S/c9-5-2-1-4(8(11)12)6-7(5)13-3-10-6/h1-3H,(H,11,12). The Labute approximate surface area is 76.5 Å². The summed E-state index contributed by atoms with van der Waals surface area (Å²) in [5, 5.41) is 8.73. The Morgan fingerprint density at radius 2 is 2.31 bits per heavy atom. The highest BCUT2D eigenvalue weighted by atomic mass is 32.1. The fraction of sp³-hybridized carbons (Fsp3) is 0. The molecule has 1 aromatic carbocycles. The summed E-state index contributed by atoms with van der Waals surface area (Å²) in [5.41, 5.74) is 1.69. The third kappa shape index (κ3) is 1.17. The predicted molar refractivity (Wildman–Crippen MR) is 46.5 cm³/mol. The molecule has 2 aromatic rings. The summed E-state index contributed by atoms with van der Waals surface area (Å²) in [5.74, 6) is -1.52. The second kappa shape index (κ2) is 2.77. The van der Waals surface area contributed by atoms with Gasteiger partial charge in [0, 0.05) is 0 Å². The number of benzene rings is 1. The van der Waals surface area contributed by atoms with Crippen molar-refractivity contribution in [2.75, 3.05) is 0 Å². The normalized spacial score (nSPS) is 10.5. The van der Waals surface area contributed by atoms with Gasteiger partial charge in [-0.3, -0.25) is 0 Å². The number of carboxylic acids is 1. The highest BCUT2D eigenvalue weighted by Crippen LogP contribution is 2.24. The van der Waals surface area contributed by atoms with Crippen molar-refractivity contribution >= 4 is 27.5 Å². The lowest BCUT2D eigenvalue weighted by Gasteiger charge is -1.95. The molecular formula is C8H4FNO2S. The molecule has 0 saturated heterocycles. The van der Waals surface area contributed by atoms with E-state index < -0.39 is 11.8 Å². The van der Waals surface area contributed by atoms with E-state index in [1.807, 2.05) is 0 Å². The maximum atomic E-state index is 13.0. The van der Waals surface area contributed by atoms with E-state index in [4.69, 9.17) is 5.11 Å². The lowest BCUT2D eigenvalue weighted by molar-refractivity contribution is 0.0699. The van der Waals surface area contributed by atoms with Gasteiger partial charge in [0.2, 0.25) is 0 Å². The molecule has 0 atom stereocenters. The minimum atomic E-state index is -1.09. The fourth-order valence-electron chi connectivity index (χ4n) is 1.09. The van der Waals surface area contributed by atoms with Crippen LogP contribution in [0.2, 0.25) is 0 Å². The van der Waals surface area contributed by atoms with Crippen molar-refractivity contribution in [1.29, 1.82) is 0 Å². The van der Waals surface area contributed by atoms with Crippen molar-refractivity contribution in [3.63, 3.8) is 0 Å². The molecule has 1 heterocycles. The Morgan fingerprint density at radius 3 is 3.00 bits per heavy atom. The van der Waals surface area contributed by atoms with Crippen molar-refractivity contribution in [3.05, 3.63) is 29.0 Å². The van der Waals surface area contributed by atoms with E-state index in [2.05, 4.69) is 4.98 Å². The van der Waals surface area contributed by atoms with E-state index in [0.717, 1.165) is 17.4 Å². The molecule has 0 amide bonds. The van der Waals surface area contributed by atoms with Crippen LogP contribution in [-0.4, -0.2) is 16.1 Å². The summed E-state index contributed by atoms with van der Waals surface area (Å²) >= 11 is 1.10. The average Bonchev–Trinajstić information content (AvgIpc) is 2.53. The Kier molecular flexibility index (Phi) is 1.73. The molecular weight excluding hydrogens is 193 g/mol. The molecule has 0 aliphatic heterocycles. The van der Waals surface area contributed by atoms with Gasteiger partial charge in [-0.05, 0) is 12.1 Å². The minimum absolute atomic E-state index is 0.0395. The summed E-state index contributed by atoms with van der Waals surface area (Å²) in [6, 6.07) is 2.36. The van der Waals surface area contributed by atoms with E-state index >= 15 is 0 Å². The molecule has 0 spiro atoms. The fourth-order valence-corrected chi connectivity index (χ4v) is 1.81. The van der Waals surface area contributed by atoms with Crippen LogP contribution in [0.1, 0.15) is 10.4 Å². The topological polar surface area (TPSA) is 50.2 Å². The molecule has 66 valence electrons. The van der Waals surface area contributed by atoms with Gasteiger partial charge in [-0.15, -0.1) is 11.3 Å². The third-order valence-electron chi connectivity index (χ3n) is 1.67. The van der Waals surface area contributed by atoms with Crippen LogP contribution < -0.4 is 0 Å². The van der Waals surface area contributed by atoms with Gasteiger partial charge >= 0.3 is 5.97 Å². The Bertz CT molecular complexity index is 480. The smallest absolute Gasteiger partial charge is 0.337 e. The van der Waals surface area contributed by atoms with Crippen LogP contribution >= 0.6 is 11.3 Å². The van der Waals surface area contributed by atoms with Crippen LogP contribution in [0, 0.1) is 5.82 Å². The highest BCUT2D eigenvalue weighted by Gasteiger charge is 2.13. The predicted octanol–water partition coefficient (Wildman–Crippen LogP) is 2.13. The number of carbonyl (C=O) groups is 1. The van der Waals surface area contributed by atoms with E-state index in [1.165, 1.54) is 11.6 Å². The van der Waals surface area contributed by atoms with Gasteiger partial charge in [0.05, 0.1) is 21.3 Å². The zero-order chi connectivity index (χ0) is 9.42. The monoisotopic (exact) mass is 197 g/mol. The molecule has 5 heteroatoms. The highest BCUT2D eigenvalue weighted by molar-refractivity contribution is 7.16. The van der Waals surface area contributed by atoms with Crippen LogP contribution in [0.3, 0.4) is 0 Å². The van der Waals surface area contributed by atoms with Crippen LogP contribution in [0.25, 0.3) is 10.2 Å². The summed E-state index contributed by atoms with van der Waals surface area (Å²) in [6.07, 6.45) is 0. The number of nitrogens with zero attached hydrogens (tertiary/aromatic N) is 1. The number of fused-ring (bicyclic) bond motifs is 1. The zero-order valence-electron chi connectivity index (χ0n) is 6.32. The summed E-state index contributed by atoms with van der Waals surface area (Å²) in [4.78, 5) is 14.5. The molecule has 0 aliphatic carbocycles. The molecule has 13 heavy (non-hydrogen) atoms. The maximum absolute atomic E-state index is 13.0. The number of aromatic nitrogens is 1. The Balaban J connectivity index is 2.86. The van der Waals surface area contributed by atoms with E-state index in [1.54, 1.807) is 0 Å². The molecule has 2 rings (SSSR count). The van der Waals surface area contributed by atoms with E-state index in [-0.39, 0.29) is 11.1 Å². The molecule has 0 bridgehead atoms. The number of halogens is 1. The lowest BCUT2D eigenvalue weighted by Crippen LogP contribution is -1.97. The summed E-state index contributed by atoms with van der Waals surface area (Å²) in [6.45, 7) is 0. The first-order valence-electron chi connectivity index (χ1n) is 3.45. The third-order valence-corrected chi connectivity index (χ3v) is 2.50. The van der Waals surface area contributed by atoms with Gasteiger partial charge in [-0.2, -0.15) is 0 Å². The van der Waals surface area contributed by atoms with Crippen molar-refractivity contribution in [2.24, 2.45) is 0 Å². The molecule has 0 aliphatic rings. The van der Waals surface area contributed by atoms with Crippen molar-refractivity contribution in [3.8, 4) is 0 Å². The molecule has 0 fully saturated rings. The molecule has 1 N–H and O–H groups in total. The lowest BCUT2D eigenvalue weighted by atomic mass is 10.2. The number of aromatic carboxylic acids is 1. The maximum Gasteiger partial charge on any atom is 0.337 e. The SMILES string of the molecule is O=C(O)c1ccc(F)c2scnc12. The van der Waals surface area contributed by atoms with Gasteiger partial charge in [0.15, 0.2) is 0 Å². The largest absolute Gasteiger partial charge is 0.478 e. The number of hydrogen-bond acceptors (Lipinski definition) is 3. The molecule has 0 unspecified atom stereocenters. The van der Waals surface area contributed by atoms with Crippen molar-refractivity contribution in [2.45, 2.75) is 0 Å². The zero-order valence-corrected chi connectivity index (χ0v) is 7.14. The molecule has 3 nitrogen and oxygen atoms in total. The van der Waals surface area contributed by atoms with E-state index in [9.17, 15) is 9.18 Å². The number of hydrogen-bond donors (Lipinski definition) is 1. The van der Waals surface area contributed by atoms with Crippen LogP contribution in [0.5, 0.6) is 0 Å². The number of carboxylic acid groups (broad SMARTS) is 1. The molecule has 0 radical (unpaired) electrons. The van der Waals surface area contributed by atoms with Crippen molar-refractivity contribution < 1.29 is 14.3 Å². The van der Waals surface area contributed by atoms with E-state index in [0.29, 0.717) is 4.70 Å². The second-order valence-electron chi connectivity index (χ2n) is 2.43. The number of thiazole rings is 1. The van der Waals surface area contributed by atoms with Crippen molar-refractivity contribution in [1.82, 2.24) is 4.98 Å². The van der Waals surface area contributed by atoms with Gasteiger partial charge in [-0.25, -0.2) is 14.2 Å². The van der Waals surface area contributed by atoms with Crippen LogP contribution in [0.4, 0.5) is 4.39 Å². The van der Waals surface area contributed by atoms with Gasteiger partial charge < -0.3 is 5.11 Å². The Hall–Kier alpha value is -1.49. The first-order chi connectivity index (χ1) is 6.20. The van der Waals surface area contributed by atoms with Gasteiger partial charge in [-0.1, -0.05) is 0 Å². The molecule has 0 saturated carbocycles. The quantitative estimate of drug-likeness (QED) is 0.761. The van der Waals surface area contributed by atoms with Crippen LogP contribution in [-0.2, 0) is 0 Å². The number of rotatable bonds is 1. The minimum Gasteiger partial charge on any atom is -0.478 e. The average molecular weight is 197 g/mol. The molecule has 1 aromatic heterocycles. The Morgan fingerprint density at radius 1 is 1.54 bits per heavy atom. The van der Waals surface area contributed by atoms with Gasteiger partial charge in [0.25, 0.3) is 0 Å². The van der Waals surface area contributed by atoms with Crippen LogP contribution in [0.15, 0.2) is 17.6 Å². The summed E-state index contributed by atoms with van der Waals surface area (Å²) < 4.78 is 13.3. The van der Waals surface area contributed by atoms with Gasteiger partial charge in [0.1, 0.15) is 5.82 Å². The summed E-state index contributed by atoms with van der Waals surface area (Å²) in [7, 11) is 0. The second-order valence-corrected chi connectivity index (χ2v) is 3.28.